The predicted octanol–water partition coefficient (Wildman–Crippen LogP) is 3.06. The van der Waals surface area contributed by atoms with Gasteiger partial charge in [0.25, 0.3) is 0 Å². The summed E-state index contributed by atoms with van der Waals surface area (Å²) < 4.78 is 8.07. The van der Waals surface area contributed by atoms with Crippen molar-refractivity contribution in [2.24, 2.45) is 0 Å². The second kappa shape index (κ2) is 6.59. The van der Waals surface area contributed by atoms with Gasteiger partial charge in [0.05, 0.1) is 17.6 Å². The van der Waals surface area contributed by atoms with Gasteiger partial charge in [0.2, 0.25) is 5.91 Å². The molecule has 1 saturated heterocycles. The van der Waals surface area contributed by atoms with Crippen LogP contribution in [0.4, 0.5) is 0 Å². The summed E-state index contributed by atoms with van der Waals surface area (Å²) in [7, 11) is 1.86. The van der Waals surface area contributed by atoms with Crippen LogP contribution in [0.2, 0.25) is 0 Å². The van der Waals surface area contributed by atoms with Crippen LogP contribution in [0.1, 0.15) is 18.2 Å². The molecule has 3 aromatic rings. The molecule has 0 aliphatic carbocycles. The van der Waals surface area contributed by atoms with E-state index in [1.165, 1.54) is 0 Å². The number of aromatic nitrogens is 2. The number of hydrogen-bond donors (Lipinski definition) is 0. The summed E-state index contributed by atoms with van der Waals surface area (Å²) in [4.78, 5) is 18.6. The van der Waals surface area contributed by atoms with E-state index >= 15 is 0 Å². The average Bonchev–Trinajstić information content (AvgIpc) is 3.16. The first kappa shape index (κ1) is 15.7. The standard InChI is InChI=1S/C20H21N3O2/c1-22-14-15(13-19(22)24)20-21-17-9-5-6-10-18(17)23(20)11-12-25-16-7-3-2-4-8-16/h2-10,15H,11-14H2,1H3/t15-/m1/s1. The van der Waals surface area contributed by atoms with E-state index < -0.39 is 0 Å². The number of nitrogens with zero attached hydrogens (tertiary/aromatic N) is 3. The Balaban J connectivity index is 1.60. The Morgan fingerprint density at radius 3 is 2.64 bits per heavy atom. The second-order valence-corrected chi connectivity index (χ2v) is 6.45. The van der Waals surface area contributed by atoms with Crippen molar-refractivity contribution in [3.05, 3.63) is 60.4 Å². The SMILES string of the molecule is CN1C[C@H](c2nc3ccccc3n2CCOc2ccccc2)CC1=O. The maximum absolute atomic E-state index is 11.9. The van der Waals surface area contributed by atoms with Crippen LogP contribution < -0.4 is 4.74 Å². The third-order valence-corrected chi connectivity index (χ3v) is 4.72. The van der Waals surface area contributed by atoms with E-state index in [4.69, 9.17) is 9.72 Å². The molecule has 0 N–H and O–H groups in total. The van der Waals surface area contributed by atoms with Crippen molar-refractivity contribution in [1.29, 1.82) is 0 Å². The molecule has 2 aromatic carbocycles. The maximum atomic E-state index is 11.9. The Hall–Kier alpha value is -2.82. The van der Waals surface area contributed by atoms with Gasteiger partial charge in [0, 0.05) is 25.9 Å². The Morgan fingerprint density at radius 1 is 1.12 bits per heavy atom. The quantitative estimate of drug-likeness (QED) is 0.720. The molecular weight excluding hydrogens is 314 g/mol. The molecule has 5 heteroatoms. The number of carbonyl (C=O) groups excluding carboxylic acids is 1. The van der Waals surface area contributed by atoms with Crippen molar-refractivity contribution in [2.75, 3.05) is 20.2 Å². The van der Waals surface area contributed by atoms with Crippen molar-refractivity contribution in [3.63, 3.8) is 0 Å². The number of carbonyl (C=O) groups is 1. The van der Waals surface area contributed by atoms with Gasteiger partial charge in [0.15, 0.2) is 0 Å². The van der Waals surface area contributed by atoms with Crippen molar-refractivity contribution in [3.8, 4) is 5.75 Å². The molecule has 128 valence electrons. The molecule has 2 heterocycles. The molecule has 0 unspecified atom stereocenters. The molecule has 1 aromatic heterocycles. The lowest BCUT2D eigenvalue weighted by molar-refractivity contribution is -0.126. The van der Waals surface area contributed by atoms with Crippen LogP contribution in [-0.4, -0.2) is 40.6 Å². The van der Waals surface area contributed by atoms with Gasteiger partial charge in [-0.25, -0.2) is 4.98 Å². The highest BCUT2D eigenvalue weighted by Gasteiger charge is 2.31. The number of likely N-dealkylation sites (N-methyl/N-ethyl adjacent to an activating group) is 1. The van der Waals surface area contributed by atoms with E-state index in [1.54, 1.807) is 4.90 Å². The molecule has 0 radical (unpaired) electrons. The third kappa shape index (κ3) is 3.09. The van der Waals surface area contributed by atoms with Gasteiger partial charge >= 0.3 is 0 Å². The monoisotopic (exact) mass is 335 g/mol. The smallest absolute Gasteiger partial charge is 0.223 e. The lowest BCUT2D eigenvalue weighted by Crippen LogP contribution is -2.19. The molecule has 4 rings (SSSR count). The summed E-state index contributed by atoms with van der Waals surface area (Å²) >= 11 is 0. The number of hydrogen-bond acceptors (Lipinski definition) is 3. The van der Waals surface area contributed by atoms with Crippen molar-refractivity contribution < 1.29 is 9.53 Å². The molecule has 0 bridgehead atoms. The Labute approximate surface area is 146 Å². The van der Waals surface area contributed by atoms with Crippen LogP contribution in [-0.2, 0) is 11.3 Å². The number of para-hydroxylation sites is 3. The second-order valence-electron chi connectivity index (χ2n) is 6.45. The van der Waals surface area contributed by atoms with E-state index in [0.29, 0.717) is 19.6 Å². The predicted molar refractivity (Wildman–Crippen MR) is 96.7 cm³/mol. The Morgan fingerprint density at radius 2 is 1.88 bits per heavy atom. The highest BCUT2D eigenvalue weighted by atomic mass is 16.5. The van der Waals surface area contributed by atoms with Gasteiger partial charge in [-0.1, -0.05) is 30.3 Å². The molecule has 1 aliphatic rings. The van der Waals surface area contributed by atoms with Crippen LogP contribution >= 0.6 is 0 Å². The number of amides is 1. The number of benzene rings is 2. The molecule has 0 saturated carbocycles. The van der Waals surface area contributed by atoms with Crippen LogP contribution in [0.25, 0.3) is 11.0 Å². The van der Waals surface area contributed by atoms with E-state index in [0.717, 1.165) is 29.2 Å². The molecule has 0 spiro atoms. The fourth-order valence-corrected chi connectivity index (χ4v) is 3.45. The zero-order valence-electron chi connectivity index (χ0n) is 14.3. The Kier molecular flexibility index (Phi) is 4.14. The van der Waals surface area contributed by atoms with Gasteiger partial charge in [-0.05, 0) is 24.3 Å². The summed E-state index contributed by atoms with van der Waals surface area (Å²) in [5.74, 6) is 2.17. The van der Waals surface area contributed by atoms with Crippen LogP contribution in [0.3, 0.4) is 0 Å². The zero-order valence-corrected chi connectivity index (χ0v) is 14.3. The number of fused-ring (bicyclic) bond motifs is 1. The number of ether oxygens (including phenoxy) is 1. The van der Waals surface area contributed by atoms with Crippen LogP contribution in [0.5, 0.6) is 5.75 Å². The number of rotatable bonds is 5. The average molecular weight is 335 g/mol. The molecule has 1 aliphatic heterocycles. The van der Waals surface area contributed by atoms with Crippen LogP contribution in [0, 0.1) is 0 Å². The van der Waals surface area contributed by atoms with Gasteiger partial charge < -0.3 is 14.2 Å². The van der Waals surface area contributed by atoms with Crippen LogP contribution in [0.15, 0.2) is 54.6 Å². The lowest BCUT2D eigenvalue weighted by atomic mass is 10.1. The highest BCUT2D eigenvalue weighted by molar-refractivity contribution is 5.80. The molecule has 1 fully saturated rings. The maximum Gasteiger partial charge on any atom is 0.223 e. The highest BCUT2D eigenvalue weighted by Crippen LogP contribution is 2.29. The van der Waals surface area contributed by atoms with E-state index in [2.05, 4.69) is 10.6 Å². The summed E-state index contributed by atoms with van der Waals surface area (Å²) in [5.41, 5.74) is 2.07. The first-order valence-electron chi connectivity index (χ1n) is 8.59. The minimum absolute atomic E-state index is 0.140. The molecular formula is C20H21N3O2. The molecule has 1 amide bonds. The zero-order chi connectivity index (χ0) is 17.2. The van der Waals surface area contributed by atoms with E-state index in [9.17, 15) is 4.79 Å². The van der Waals surface area contributed by atoms with Gasteiger partial charge in [-0.3, -0.25) is 4.79 Å². The first-order chi connectivity index (χ1) is 12.2. The summed E-state index contributed by atoms with van der Waals surface area (Å²) in [6, 6.07) is 17.9. The number of likely N-dealkylation sites (tertiary alicyclic amines) is 1. The van der Waals surface area contributed by atoms with Gasteiger partial charge in [-0.2, -0.15) is 0 Å². The molecule has 25 heavy (non-hydrogen) atoms. The van der Waals surface area contributed by atoms with Gasteiger partial charge in [0.1, 0.15) is 18.2 Å². The van der Waals surface area contributed by atoms with Crippen molar-refractivity contribution in [1.82, 2.24) is 14.5 Å². The van der Waals surface area contributed by atoms with E-state index in [-0.39, 0.29) is 11.8 Å². The fourth-order valence-electron chi connectivity index (χ4n) is 3.45. The summed E-state index contributed by atoms with van der Waals surface area (Å²) in [6.45, 7) is 1.99. The minimum Gasteiger partial charge on any atom is -0.492 e. The topological polar surface area (TPSA) is 47.4 Å². The first-order valence-corrected chi connectivity index (χ1v) is 8.59. The third-order valence-electron chi connectivity index (χ3n) is 4.72. The Bertz CT molecular complexity index is 888. The fraction of sp³-hybridized carbons (Fsp3) is 0.300. The van der Waals surface area contributed by atoms with Gasteiger partial charge in [-0.15, -0.1) is 0 Å². The summed E-state index contributed by atoms with van der Waals surface area (Å²) in [6.07, 6.45) is 0.527. The van der Waals surface area contributed by atoms with Crippen molar-refractivity contribution >= 4 is 16.9 Å². The molecule has 1 atom stereocenters. The normalized spacial score (nSPS) is 17.4. The molecule has 5 nitrogen and oxygen atoms in total. The number of imidazole rings is 1. The van der Waals surface area contributed by atoms with Crippen molar-refractivity contribution in [2.45, 2.75) is 18.9 Å². The lowest BCUT2D eigenvalue weighted by Gasteiger charge is -2.14. The largest absolute Gasteiger partial charge is 0.492 e. The minimum atomic E-state index is 0.140. The summed E-state index contributed by atoms with van der Waals surface area (Å²) in [5, 5.41) is 0. The van der Waals surface area contributed by atoms with E-state index in [1.807, 2.05) is 55.6 Å².